The second kappa shape index (κ2) is 4.67. The van der Waals surface area contributed by atoms with Crippen molar-refractivity contribution in [2.45, 2.75) is 13.8 Å². The van der Waals surface area contributed by atoms with Crippen molar-refractivity contribution < 1.29 is 9.32 Å². The molecule has 0 aliphatic heterocycles. The lowest BCUT2D eigenvalue weighted by Gasteiger charge is -2.03. The molecular formula is C11H10BrN3O2. The van der Waals surface area contributed by atoms with Crippen LogP contribution in [-0.2, 0) is 0 Å². The number of hydrogen-bond acceptors (Lipinski definition) is 4. The Bertz CT molecular complexity index is 566. The average molecular weight is 296 g/mol. The van der Waals surface area contributed by atoms with Crippen LogP contribution in [0.1, 0.15) is 21.7 Å². The van der Waals surface area contributed by atoms with Crippen LogP contribution in [0, 0.1) is 13.8 Å². The smallest absolute Gasteiger partial charge is 0.315 e. The number of aryl methyl sites for hydroxylation is 2. The Hall–Kier alpha value is -1.69. The standard InChI is InChI=1S/C11H10BrN3O2/c1-6-3-4-8(9(12)5-6)10(16)14-11-13-7(2)15-17-11/h3-5H,1-2H3,(H,13,14,15,16). The molecule has 1 heterocycles. The summed E-state index contributed by atoms with van der Waals surface area (Å²) in [4.78, 5) is 15.8. The number of aromatic nitrogens is 2. The molecule has 5 nitrogen and oxygen atoms in total. The van der Waals surface area contributed by atoms with Gasteiger partial charge in [-0.2, -0.15) is 4.98 Å². The first-order chi connectivity index (χ1) is 8.06. The summed E-state index contributed by atoms with van der Waals surface area (Å²) in [5.74, 6) is 0.184. The van der Waals surface area contributed by atoms with Gasteiger partial charge in [0.05, 0.1) is 5.56 Å². The molecule has 0 saturated heterocycles. The van der Waals surface area contributed by atoms with Crippen LogP contribution in [0.2, 0.25) is 0 Å². The van der Waals surface area contributed by atoms with Gasteiger partial charge in [-0.15, -0.1) is 0 Å². The monoisotopic (exact) mass is 295 g/mol. The lowest BCUT2D eigenvalue weighted by atomic mass is 10.1. The normalized spacial score (nSPS) is 10.3. The van der Waals surface area contributed by atoms with Gasteiger partial charge in [-0.1, -0.05) is 11.2 Å². The molecule has 6 heteroatoms. The van der Waals surface area contributed by atoms with Gasteiger partial charge in [0.1, 0.15) is 0 Å². The van der Waals surface area contributed by atoms with Crippen molar-refractivity contribution in [1.82, 2.24) is 10.1 Å². The molecule has 88 valence electrons. The fourth-order valence-corrected chi connectivity index (χ4v) is 1.99. The maximum atomic E-state index is 11.9. The van der Waals surface area contributed by atoms with Crippen LogP contribution < -0.4 is 5.32 Å². The summed E-state index contributed by atoms with van der Waals surface area (Å²) in [5, 5.41) is 6.12. The van der Waals surface area contributed by atoms with Crippen LogP contribution in [0.4, 0.5) is 6.01 Å². The van der Waals surface area contributed by atoms with Crippen molar-refractivity contribution in [2.24, 2.45) is 0 Å². The molecule has 17 heavy (non-hydrogen) atoms. The summed E-state index contributed by atoms with van der Waals surface area (Å²) in [6.45, 7) is 3.63. The Balaban J connectivity index is 2.20. The number of benzene rings is 1. The molecule has 0 unspecified atom stereocenters. The zero-order valence-corrected chi connectivity index (χ0v) is 10.9. The quantitative estimate of drug-likeness (QED) is 0.925. The molecule has 2 aromatic rings. The maximum Gasteiger partial charge on any atom is 0.328 e. The molecule has 0 spiro atoms. The lowest BCUT2D eigenvalue weighted by Crippen LogP contribution is -2.12. The van der Waals surface area contributed by atoms with Crippen LogP contribution in [0.25, 0.3) is 0 Å². The van der Waals surface area contributed by atoms with Gasteiger partial charge in [0.2, 0.25) is 0 Å². The number of carbonyl (C=O) groups excluding carboxylic acids is 1. The zero-order chi connectivity index (χ0) is 12.4. The van der Waals surface area contributed by atoms with E-state index in [1.165, 1.54) is 0 Å². The van der Waals surface area contributed by atoms with E-state index in [9.17, 15) is 4.79 Å². The molecule has 0 fully saturated rings. The number of nitrogens with zero attached hydrogens (tertiary/aromatic N) is 2. The fourth-order valence-electron chi connectivity index (χ4n) is 1.32. The van der Waals surface area contributed by atoms with Gasteiger partial charge in [0, 0.05) is 4.47 Å². The van der Waals surface area contributed by atoms with Crippen LogP contribution in [0.3, 0.4) is 0 Å². The molecule has 0 bridgehead atoms. The molecule has 1 aromatic carbocycles. The average Bonchev–Trinajstić information content (AvgIpc) is 2.63. The second-order valence-corrected chi connectivity index (χ2v) is 4.44. The number of carbonyl (C=O) groups is 1. The third-order valence-corrected chi connectivity index (χ3v) is 2.77. The Morgan fingerprint density at radius 3 is 2.76 bits per heavy atom. The Kier molecular flexibility index (Phi) is 3.23. The van der Waals surface area contributed by atoms with E-state index in [1.807, 2.05) is 19.1 Å². The first-order valence-electron chi connectivity index (χ1n) is 4.94. The summed E-state index contributed by atoms with van der Waals surface area (Å²) < 4.78 is 5.54. The third-order valence-electron chi connectivity index (χ3n) is 2.12. The number of hydrogen-bond donors (Lipinski definition) is 1. The van der Waals surface area contributed by atoms with Crippen LogP contribution in [0.5, 0.6) is 0 Å². The van der Waals surface area contributed by atoms with Crippen molar-refractivity contribution >= 4 is 27.9 Å². The van der Waals surface area contributed by atoms with Crippen molar-refractivity contribution in [1.29, 1.82) is 0 Å². The first-order valence-corrected chi connectivity index (χ1v) is 5.73. The van der Waals surface area contributed by atoms with Crippen molar-refractivity contribution in [3.05, 3.63) is 39.6 Å². The highest BCUT2D eigenvalue weighted by Gasteiger charge is 2.13. The molecular weight excluding hydrogens is 286 g/mol. The van der Waals surface area contributed by atoms with Crippen molar-refractivity contribution in [2.75, 3.05) is 5.32 Å². The number of nitrogens with one attached hydrogen (secondary N) is 1. The van der Waals surface area contributed by atoms with Gasteiger partial charge in [-0.25, -0.2) is 0 Å². The minimum atomic E-state index is -0.291. The number of halogens is 1. The van der Waals surface area contributed by atoms with E-state index >= 15 is 0 Å². The summed E-state index contributed by atoms with van der Waals surface area (Å²) in [7, 11) is 0. The van der Waals surface area contributed by atoms with E-state index in [0.29, 0.717) is 11.4 Å². The van der Waals surface area contributed by atoms with Gasteiger partial charge >= 0.3 is 6.01 Å². The first kappa shape index (κ1) is 11.8. The van der Waals surface area contributed by atoms with E-state index in [-0.39, 0.29) is 11.9 Å². The van der Waals surface area contributed by atoms with Crippen LogP contribution in [0.15, 0.2) is 27.2 Å². The molecule has 0 aliphatic rings. The number of amides is 1. The SMILES string of the molecule is Cc1ccc(C(=O)Nc2nc(C)no2)c(Br)c1. The Morgan fingerprint density at radius 1 is 1.41 bits per heavy atom. The molecule has 1 N–H and O–H groups in total. The molecule has 2 rings (SSSR count). The van der Waals surface area contributed by atoms with E-state index in [1.54, 1.807) is 13.0 Å². The number of rotatable bonds is 2. The van der Waals surface area contributed by atoms with Crippen molar-refractivity contribution in [3.8, 4) is 0 Å². The summed E-state index contributed by atoms with van der Waals surface area (Å²) in [5.41, 5.74) is 1.59. The minimum absolute atomic E-state index is 0.0972. The lowest BCUT2D eigenvalue weighted by molar-refractivity contribution is 0.102. The Labute approximate surface area is 106 Å². The highest BCUT2D eigenvalue weighted by Crippen LogP contribution is 2.19. The molecule has 1 amide bonds. The van der Waals surface area contributed by atoms with Gasteiger partial charge < -0.3 is 4.52 Å². The Morgan fingerprint density at radius 2 is 2.18 bits per heavy atom. The molecule has 0 atom stereocenters. The summed E-state index contributed by atoms with van der Waals surface area (Å²) >= 11 is 3.34. The van der Waals surface area contributed by atoms with E-state index in [4.69, 9.17) is 4.52 Å². The topological polar surface area (TPSA) is 68.0 Å². The maximum absolute atomic E-state index is 11.9. The zero-order valence-electron chi connectivity index (χ0n) is 9.32. The van der Waals surface area contributed by atoms with Gasteiger partial charge in [-0.3, -0.25) is 10.1 Å². The molecule has 1 aromatic heterocycles. The van der Waals surface area contributed by atoms with E-state index in [0.717, 1.165) is 10.0 Å². The largest absolute Gasteiger partial charge is 0.328 e. The van der Waals surface area contributed by atoms with Crippen LogP contribution >= 0.6 is 15.9 Å². The van der Waals surface area contributed by atoms with E-state index < -0.39 is 0 Å². The molecule has 0 aliphatic carbocycles. The minimum Gasteiger partial charge on any atom is -0.315 e. The predicted octanol–water partition coefficient (Wildman–Crippen LogP) is 2.70. The predicted molar refractivity (Wildman–Crippen MR) is 65.9 cm³/mol. The summed E-state index contributed by atoms with van der Waals surface area (Å²) in [6, 6.07) is 5.56. The third kappa shape index (κ3) is 2.71. The second-order valence-electron chi connectivity index (χ2n) is 3.58. The van der Waals surface area contributed by atoms with Crippen molar-refractivity contribution in [3.63, 3.8) is 0 Å². The molecule has 0 radical (unpaired) electrons. The number of anilines is 1. The van der Waals surface area contributed by atoms with E-state index in [2.05, 4.69) is 31.4 Å². The molecule has 0 saturated carbocycles. The highest BCUT2D eigenvalue weighted by atomic mass is 79.9. The van der Waals surface area contributed by atoms with Gasteiger partial charge in [0.15, 0.2) is 5.82 Å². The van der Waals surface area contributed by atoms with Crippen LogP contribution in [-0.4, -0.2) is 16.0 Å². The fraction of sp³-hybridized carbons (Fsp3) is 0.182. The van der Waals surface area contributed by atoms with Gasteiger partial charge in [0.25, 0.3) is 5.91 Å². The summed E-state index contributed by atoms with van der Waals surface area (Å²) in [6.07, 6.45) is 0. The van der Waals surface area contributed by atoms with Gasteiger partial charge in [-0.05, 0) is 47.5 Å². The highest BCUT2D eigenvalue weighted by molar-refractivity contribution is 9.10.